The van der Waals surface area contributed by atoms with Gasteiger partial charge in [0.25, 0.3) is 5.91 Å². The van der Waals surface area contributed by atoms with Crippen molar-refractivity contribution in [3.05, 3.63) is 24.0 Å². The van der Waals surface area contributed by atoms with Crippen molar-refractivity contribution in [2.24, 2.45) is 0 Å². The van der Waals surface area contributed by atoms with E-state index in [-0.39, 0.29) is 5.91 Å². The van der Waals surface area contributed by atoms with Crippen LogP contribution in [0.3, 0.4) is 0 Å². The normalized spacial score (nSPS) is 15.3. The number of hydrogen-bond donors (Lipinski definition) is 1. The third-order valence-electron chi connectivity index (χ3n) is 3.72. The molecule has 5 nitrogen and oxygen atoms in total. The number of aromatic nitrogens is 1. The molecule has 0 radical (unpaired) electrons. The fourth-order valence-electron chi connectivity index (χ4n) is 2.51. The van der Waals surface area contributed by atoms with Crippen LogP contribution in [0.25, 0.3) is 0 Å². The van der Waals surface area contributed by atoms with Gasteiger partial charge in [0, 0.05) is 39.1 Å². The Labute approximate surface area is 121 Å². The van der Waals surface area contributed by atoms with Crippen molar-refractivity contribution in [2.45, 2.75) is 19.8 Å². The Kier molecular flexibility index (Phi) is 5.35. The van der Waals surface area contributed by atoms with Gasteiger partial charge in [-0.3, -0.25) is 9.78 Å². The second kappa shape index (κ2) is 7.24. The molecular formula is C15H24N4O. The number of pyridine rings is 1. The molecule has 1 aliphatic heterocycles. The summed E-state index contributed by atoms with van der Waals surface area (Å²) in [6.45, 7) is 6.86. The highest BCUT2D eigenvalue weighted by Crippen LogP contribution is 2.15. The van der Waals surface area contributed by atoms with Gasteiger partial charge in [0.2, 0.25) is 0 Å². The average Bonchev–Trinajstić information content (AvgIpc) is 2.98. The fraction of sp³-hybridized carbons (Fsp3) is 0.600. The van der Waals surface area contributed by atoms with E-state index in [9.17, 15) is 4.79 Å². The molecule has 1 aromatic rings. The highest BCUT2D eigenvalue weighted by molar-refractivity contribution is 5.99. The molecule has 1 saturated heterocycles. The van der Waals surface area contributed by atoms with Crippen molar-refractivity contribution in [2.75, 3.05) is 45.1 Å². The highest BCUT2D eigenvalue weighted by Gasteiger charge is 2.17. The van der Waals surface area contributed by atoms with Crippen LogP contribution in [0.4, 0.5) is 5.69 Å². The van der Waals surface area contributed by atoms with E-state index in [2.05, 4.69) is 15.2 Å². The summed E-state index contributed by atoms with van der Waals surface area (Å²) < 4.78 is 0. The van der Waals surface area contributed by atoms with Gasteiger partial charge >= 0.3 is 0 Å². The highest BCUT2D eigenvalue weighted by atomic mass is 16.2. The van der Waals surface area contributed by atoms with Crippen LogP contribution in [0.5, 0.6) is 0 Å². The zero-order chi connectivity index (χ0) is 14.4. The first-order chi connectivity index (χ1) is 9.72. The number of likely N-dealkylation sites (tertiary alicyclic amines) is 1. The molecule has 0 aromatic carbocycles. The number of carbonyl (C=O) groups is 1. The fourth-order valence-corrected chi connectivity index (χ4v) is 2.51. The topological polar surface area (TPSA) is 48.5 Å². The van der Waals surface area contributed by atoms with Crippen LogP contribution in [0, 0.1) is 0 Å². The Morgan fingerprint density at radius 1 is 1.45 bits per heavy atom. The lowest BCUT2D eigenvalue weighted by Crippen LogP contribution is -2.35. The molecule has 1 aromatic heterocycles. The summed E-state index contributed by atoms with van der Waals surface area (Å²) in [5.74, 6) is 0.0354. The van der Waals surface area contributed by atoms with Gasteiger partial charge < -0.3 is 15.1 Å². The van der Waals surface area contributed by atoms with Crippen LogP contribution in [-0.2, 0) is 0 Å². The Balaban J connectivity index is 1.95. The third-order valence-corrected chi connectivity index (χ3v) is 3.72. The number of hydrogen-bond acceptors (Lipinski definition) is 4. The van der Waals surface area contributed by atoms with E-state index in [0.29, 0.717) is 5.56 Å². The molecular weight excluding hydrogens is 252 g/mol. The number of carbonyl (C=O) groups excluding carboxylic acids is 1. The molecule has 1 N–H and O–H groups in total. The van der Waals surface area contributed by atoms with Gasteiger partial charge in [0.1, 0.15) is 0 Å². The molecule has 2 heterocycles. The van der Waals surface area contributed by atoms with Gasteiger partial charge in [-0.05, 0) is 38.9 Å². The molecule has 0 atom stereocenters. The van der Waals surface area contributed by atoms with Gasteiger partial charge in [-0.15, -0.1) is 0 Å². The summed E-state index contributed by atoms with van der Waals surface area (Å²) >= 11 is 0. The molecule has 110 valence electrons. The minimum absolute atomic E-state index is 0.0354. The molecule has 1 amide bonds. The maximum Gasteiger partial charge on any atom is 0.257 e. The summed E-state index contributed by atoms with van der Waals surface area (Å²) in [5.41, 5.74) is 1.51. The van der Waals surface area contributed by atoms with Gasteiger partial charge in [0.15, 0.2) is 0 Å². The van der Waals surface area contributed by atoms with Crippen LogP contribution < -0.4 is 5.32 Å². The molecule has 0 saturated carbocycles. The van der Waals surface area contributed by atoms with E-state index in [1.54, 1.807) is 17.3 Å². The van der Waals surface area contributed by atoms with Crippen LogP contribution in [0.2, 0.25) is 0 Å². The van der Waals surface area contributed by atoms with E-state index < -0.39 is 0 Å². The van der Waals surface area contributed by atoms with Crippen molar-refractivity contribution >= 4 is 11.6 Å². The SMILES string of the molecule is CCNc1ccncc1C(=O)N(C)CCN1CCCC1. The monoisotopic (exact) mass is 276 g/mol. The van der Waals surface area contributed by atoms with Crippen molar-refractivity contribution in [1.29, 1.82) is 0 Å². The van der Waals surface area contributed by atoms with E-state index in [0.717, 1.165) is 38.4 Å². The van der Waals surface area contributed by atoms with E-state index >= 15 is 0 Å². The maximum absolute atomic E-state index is 12.5. The molecule has 2 rings (SSSR count). The molecule has 0 bridgehead atoms. The zero-order valence-electron chi connectivity index (χ0n) is 12.4. The third kappa shape index (κ3) is 3.70. The summed E-state index contributed by atoms with van der Waals surface area (Å²) in [5, 5.41) is 3.21. The molecule has 1 fully saturated rings. The van der Waals surface area contributed by atoms with E-state index in [4.69, 9.17) is 0 Å². The molecule has 5 heteroatoms. The first-order valence-corrected chi connectivity index (χ1v) is 7.38. The second-order valence-corrected chi connectivity index (χ2v) is 5.23. The van der Waals surface area contributed by atoms with Gasteiger partial charge in [-0.25, -0.2) is 0 Å². The molecule has 0 unspecified atom stereocenters. The first kappa shape index (κ1) is 14.8. The molecule has 0 spiro atoms. The van der Waals surface area contributed by atoms with Crippen LogP contribution >= 0.6 is 0 Å². The number of nitrogens with one attached hydrogen (secondary N) is 1. The number of likely N-dealkylation sites (N-methyl/N-ethyl adjacent to an activating group) is 1. The van der Waals surface area contributed by atoms with Crippen molar-refractivity contribution in [1.82, 2.24) is 14.8 Å². The van der Waals surface area contributed by atoms with E-state index in [1.165, 1.54) is 12.8 Å². The summed E-state index contributed by atoms with van der Waals surface area (Å²) in [6.07, 6.45) is 5.92. The van der Waals surface area contributed by atoms with Crippen molar-refractivity contribution in [3.63, 3.8) is 0 Å². The molecule has 20 heavy (non-hydrogen) atoms. The maximum atomic E-state index is 12.5. The Morgan fingerprint density at radius 3 is 2.90 bits per heavy atom. The zero-order valence-corrected chi connectivity index (χ0v) is 12.4. The standard InChI is InChI=1S/C15H24N4O/c1-3-17-14-6-7-16-12-13(14)15(20)18(2)10-11-19-8-4-5-9-19/h6-7,12H,3-5,8-11H2,1-2H3,(H,16,17). The second-order valence-electron chi connectivity index (χ2n) is 5.23. The summed E-state index contributed by atoms with van der Waals surface area (Å²) in [4.78, 5) is 20.7. The van der Waals surface area contributed by atoms with Crippen LogP contribution in [0.15, 0.2) is 18.5 Å². The van der Waals surface area contributed by atoms with Gasteiger partial charge in [-0.1, -0.05) is 0 Å². The van der Waals surface area contributed by atoms with Crippen LogP contribution in [-0.4, -0.2) is 60.5 Å². The lowest BCUT2D eigenvalue weighted by Gasteiger charge is -2.22. The lowest BCUT2D eigenvalue weighted by atomic mass is 10.2. The Bertz CT molecular complexity index is 443. The first-order valence-electron chi connectivity index (χ1n) is 7.38. The minimum Gasteiger partial charge on any atom is -0.385 e. The number of rotatable bonds is 6. The average molecular weight is 276 g/mol. The molecule has 1 aliphatic rings. The van der Waals surface area contributed by atoms with Crippen LogP contribution in [0.1, 0.15) is 30.1 Å². The summed E-state index contributed by atoms with van der Waals surface area (Å²) in [7, 11) is 1.86. The molecule has 0 aliphatic carbocycles. The predicted molar refractivity (Wildman–Crippen MR) is 81.0 cm³/mol. The number of nitrogens with zero attached hydrogens (tertiary/aromatic N) is 3. The smallest absolute Gasteiger partial charge is 0.257 e. The largest absolute Gasteiger partial charge is 0.385 e. The Morgan fingerprint density at radius 2 is 2.20 bits per heavy atom. The van der Waals surface area contributed by atoms with E-state index in [1.807, 2.05) is 20.0 Å². The quantitative estimate of drug-likeness (QED) is 0.859. The number of amides is 1. The van der Waals surface area contributed by atoms with Gasteiger partial charge in [0.05, 0.1) is 11.3 Å². The predicted octanol–water partition coefficient (Wildman–Crippen LogP) is 1.68. The summed E-state index contributed by atoms with van der Waals surface area (Å²) in [6, 6.07) is 1.85. The number of anilines is 1. The van der Waals surface area contributed by atoms with Crippen molar-refractivity contribution < 1.29 is 4.79 Å². The Hall–Kier alpha value is -1.62. The lowest BCUT2D eigenvalue weighted by molar-refractivity contribution is 0.0783. The minimum atomic E-state index is 0.0354. The van der Waals surface area contributed by atoms with Crippen molar-refractivity contribution in [3.8, 4) is 0 Å². The van der Waals surface area contributed by atoms with Gasteiger partial charge in [-0.2, -0.15) is 0 Å².